The second-order valence-corrected chi connectivity index (χ2v) is 5.10. The molecule has 0 atom stereocenters. The van der Waals surface area contributed by atoms with Gasteiger partial charge in [-0.05, 0) is 32.1 Å². The van der Waals surface area contributed by atoms with Crippen LogP contribution in [0, 0.1) is 5.92 Å². The van der Waals surface area contributed by atoms with Gasteiger partial charge in [0.25, 0.3) is 6.01 Å². The number of rotatable bonds is 6. The van der Waals surface area contributed by atoms with Gasteiger partial charge >= 0.3 is 11.9 Å². The topological polar surface area (TPSA) is 92.9 Å². The van der Waals surface area contributed by atoms with Crippen molar-refractivity contribution in [2.75, 3.05) is 24.6 Å². The Morgan fingerprint density at radius 3 is 2.81 bits per heavy atom. The molecule has 0 aromatic carbocycles. The normalized spacial score (nSPS) is 16.0. The molecule has 0 unspecified atom stereocenters. The van der Waals surface area contributed by atoms with Gasteiger partial charge < -0.3 is 19.2 Å². The molecule has 0 amide bonds. The van der Waals surface area contributed by atoms with Crippen LogP contribution in [0.25, 0.3) is 0 Å². The largest absolute Gasteiger partial charge is 0.481 e. The summed E-state index contributed by atoms with van der Waals surface area (Å²) in [7, 11) is 0. The molecule has 21 heavy (non-hydrogen) atoms. The highest BCUT2D eigenvalue weighted by Crippen LogP contribution is 2.25. The first kappa shape index (κ1) is 15.3. The van der Waals surface area contributed by atoms with E-state index in [0.717, 1.165) is 25.9 Å². The molecule has 2 rings (SSSR count). The number of esters is 1. The van der Waals surface area contributed by atoms with E-state index in [-0.39, 0.29) is 12.1 Å². The predicted molar refractivity (Wildman–Crippen MR) is 74.3 cm³/mol. The lowest BCUT2D eigenvalue weighted by molar-refractivity contribution is -0.137. The zero-order valence-electron chi connectivity index (χ0n) is 12.1. The van der Waals surface area contributed by atoms with Crippen molar-refractivity contribution in [1.82, 2.24) is 4.98 Å². The predicted octanol–water partition coefficient (Wildman–Crippen LogP) is 1.93. The number of nitrogens with zero attached hydrogens (tertiary/aromatic N) is 2. The lowest BCUT2D eigenvalue weighted by Crippen LogP contribution is -2.34. The first-order valence-electron chi connectivity index (χ1n) is 7.19. The molecule has 1 fully saturated rings. The lowest BCUT2D eigenvalue weighted by atomic mass is 9.92. The highest BCUT2D eigenvalue weighted by Gasteiger charge is 2.24. The molecule has 0 saturated carbocycles. The summed E-state index contributed by atoms with van der Waals surface area (Å²) in [6.07, 6.45) is 4.05. The van der Waals surface area contributed by atoms with Gasteiger partial charge in [-0.25, -0.2) is 4.79 Å². The number of piperidine rings is 1. The number of carboxylic acid groups (broad SMARTS) is 1. The van der Waals surface area contributed by atoms with Crippen LogP contribution in [0.3, 0.4) is 0 Å². The molecular formula is C14H20N2O5. The second kappa shape index (κ2) is 7.10. The zero-order chi connectivity index (χ0) is 15.2. The van der Waals surface area contributed by atoms with Gasteiger partial charge in [-0.3, -0.25) is 4.79 Å². The van der Waals surface area contributed by atoms with Gasteiger partial charge in [-0.2, -0.15) is 4.98 Å². The first-order valence-corrected chi connectivity index (χ1v) is 7.19. The SMILES string of the molecule is CCOC(=O)c1coc(N2CCC(CCC(=O)O)CC2)n1. The second-order valence-electron chi connectivity index (χ2n) is 5.10. The summed E-state index contributed by atoms with van der Waals surface area (Å²) in [6.45, 7) is 3.55. The minimum absolute atomic E-state index is 0.180. The zero-order valence-corrected chi connectivity index (χ0v) is 12.1. The van der Waals surface area contributed by atoms with Crippen LogP contribution in [0.4, 0.5) is 6.01 Å². The van der Waals surface area contributed by atoms with Crippen molar-refractivity contribution < 1.29 is 23.8 Å². The number of carbonyl (C=O) groups excluding carboxylic acids is 1. The Bertz CT molecular complexity index is 491. The molecule has 1 aromatic heterocycles. The molecule has 116 valence electrons. The van der Waals surface area contributed by atoms with Gasteiger partial charge in [-0.15, -0.1) is 0 Å². The summed E-state index contributed by atoms with van der Waals surface area (Å²) in [5.41, 5.74) is 0.180. The van der Waals surface area contributed by atoms with Crippen LogP contribution in [0.1, 0.15) is 43.1 Å². The molecule has 1 aliphatic rings. The van der Waals surface area contributed by atoms with Gasteiger partial charge in [0.15, 0.2) is 5.69 Å². The van der Waals surface area contributed by atoms with Crippen molar-refractivity contribution >= 4 is 18.0 Å². The van der Waals surface area contributed by atoms with E-state index >= 15 is 0 Å². The third-order valence-electron chi connectivity index (χ3n) is 3.63. The van der Waals surface area contributed by atoms with Crippen LogP contribution in [0.2, 0.25) is 0 Å². The monoisotopic (exact) mass is 296 g/mol. The number of aliphatic carboxylic acids is 1. The average molecular weight is 296 g/mol. The van der Waals surface area contributed by atoms with Crippen molar-refractivity contribution in [3.05, 3.63) is 12.0 Å². The molecule has 0 spiro atoms. The van der Waals surface area contributed by atoms with E-state index in [1.165, 1.54) is 6.26 Å². The summed E-state index contributed by atoms with van der Waals surface area (Å²) in [5.74, 6) is -0.801. The number of carbonyl (C=O) groups is 2. The summed E-state index contributed by atoms with van der Waals surface area (Å²) in [5, 5.41) is 8.69. The molecular weight excluding hydrogens is 276 g/mol. The minimum Gasteiger partial charge on any atom is -0.481 e. The van der Waals surface area contributed by atoms with E-state index in [1.807, 2.05) is 4.90 Å². The van der Waals surface area contributed by atoms with Gasteiger partial charge in [0.1, 0.15) is 6.26 Å². The number of hydrogen-bond acceptors (Lipinski definition) is 6. The van der Waals surface area contributed by atoms with E-state index in [0.29, 0.717) is 25.0 Å². The van der Waals surface area contributed by atoms with Crippen LogP contribution in [0.5, 0.6) is 0 Å². The van der Waals surface area contributed by atoms with Crippen LogP contribution in [-0.4, -0.2) is 41.7 Å². The highest BCUT2D eigenvalue weighted by atomic mass is 16.5. The Hall–Kier alpha value is -2.05. The minimum atomic E-state index is -0.746. The Morgan fingerprint density at radius 1 is 1.48 bits per heavy atom. The molecule has 1 aromatic rings. The lowest BCUT2D eigenvalue weighted by Gasteiger charge is -2.30. The summed E-state index contributed by atoms with van der Waals surface area (Å²) >= 11 is 0. The van der Waals surface area contributed by atoms with E-state index < -0.39 is 11.9 Å². The summed E-state index contributed by atoms with van der Waals surface area (Å²) in [6, 6.07) is 0.426. The smallest absolute Gasteiger partial charge is 0.360 e. The fourth-order valence-corrected chi connectivity index (χ4v) is 2.45. The maximum absolute atomic E-state index is 11.5. The van der Waals surface area contributed by atoms with Crippen molar-refractivity contribution in [3.63, 3.8) is 0 Å². The van der Waals surface area contributed by atoms with Crippen molar-refractivity contribution in [2.45, 2.75) is 32.6 Å². The standard InChI is InChI=1S/C14H20N2O5/c1-2-20-13(19)11-9-21-14(15-11)16-7-5-10(6-8-16)3-4-12(17)18/h9-10H,2-8H2,1H3,(H,17,18). The van der Waals surface area contributed by atoms with Gasteiger partial charge in [0.2, 0.25) is 0 Å². The molecule has 1 saturated heterocycles. The van der Waals surface area contributed by atoms with Crippen molar-refractivity contribution in [1.29, 1.82) is 0 Å². The van der Waals surface area contributed by atoms with Crippen molar-refractivity contribution in [3.8, 4) is 0 Å². The molecule has 7 heteroatoms. The van der Waals surface area contributed by atoms with Crippen LogP contribution < -0.4 is 4.90 Å². The molecule has 0 bridgehead atoms. The van der Waals surface area contributed by atoms with E-state index in [4.69, 9.17) is 14.3 Å². The van der Waals surface area contributed by atoms with E-state index in [9.17, 15) is 9.59 Å². The Balaban J connectivity index is 1.85. The number of carboxylic acids is 1. The maximum atomic E-state index is 11.5. The number of hydrogen-bond donors (Lipinski definition) is 1. The average Bonchev–Trinajstić information content (AvgIpc) is 2.96. The number of ether oxygens (including phenoxy) is 1. The summed E-state index contributed by atoms with van der Waals surface area (Å²) in [4.78, 5) is 28.2. The third-order valence-corrected chi connectivity index (χ3v) is 3.63. The first-order chi connectivity index (χ1) is 10.1. The summed E-state index contributed by atoms with van der Waals surface area (Å²) < 4.78 is 10.2. The molecule has 7 nitrogen and oxygen atoms in total. The molecule has 1 aliphatic heterocycles. The molecule has 0 radical (unpaired) electrons. The van der Waals surface area contributed by atoms with Gasteiger partial charge in [0.05, 0.1) is 6.61 Å². The van der Waals surface area contributed by atoms with Crippen LogP contribution in [0.15, 0.2) is 10.7 Å². The quantitative estimate of drug-likeness (QED) is 0.802. The number of oxazole rings is 1. The van der Waals surface area contributed by atoms with E-state index in [1.54, 1.807) is 6.92 Å². The third kappa shape index (κ3) is 4.21. The van der Waals surface area contributed by atoms with Crippen LogP contribution in [-0.2, 0) is 9.53 Å². The molecule has 2 heterocycles. The highest BCUT2D eigenvalue weighted by molar-refractivity contribution is 5.87. The fraction of sp³-hybridized carbons (Fsp3) is 0.643. The molecule has 0 aliphatic carbocycles. The van der Waals surface area contributed by atoms with Crippen molar-refractivity contribution in [2.24, 2.45) is 5.92 Å². The van der Waals surface area contributed by atoms with Gasteiger partial charge in [0, 0.05) is 19.5 Å². The number of aromatic nitrogens is 1. The maximum Gasteiger partial charge on any atom is 0.360 e. The number of anilines is 1. The van der Waals surface area contributed by atoms with E-state index in [2.05, 4.69) is 4.98 Å². The fourth-order valence-electron chi connectivity index (χ4n) is 2.45. The molecule has 1 N–H and O–H groups in total. The van der Waals surface area contributed by atoms with Gasteiger partial charge in [-0.1, -0.05) is 0 Å². The Labute approximate surface area is 122 Å². The Kier molecular flexibility index (Phi) is 5.19. The Morgan fingerprint density at radius 2 is 2.19 bits per heavy atom. The van der Waals surface area contributed by atoms with Crippen LogP contribution >= 0.6 is 0 Å².